The van der Waals surface area contributed by atoms with E-state index >= 15 is 0 Å². The number of aromatic nitrogens is 3. The number of hydrogen-bond acceptors (Lipinski definition) is 4. The van der Waals surface area contributed by atoms with E-state index in [0.717, 1.165) is 5.56 Å². The number of aliphatic carboxylic acids is 1. The molecule has 25 heavy (non-hydrogen) atoms. The largest absolute Gasteiger partial charge is 0.481 e. The zero-order valence-electron chi connectivity index (χ0n) is 14.0. The first-order valence-corrected chi connectivity index (χ1v) is 8.22. The van der Waals surface area contributed by atoms with Crippen LogP contribution in [0.1, 0.15) is 18.9 Å². The van der Waals surface area contributed by atoms with Gasteiger partial charge in [0.1, 0.15) is 12.1 Å². The number of pyridine rings is 1. The second-order valence-corrected chi connectivity index (χ2v) is 6.40. The lowest BCUT2D eigenvalue weighted by atomic mass is 9.91. The number of carboxylic acid groups (broad SMARTS) is 1. The van der Waals surface area contributed by atoms with Crippen molar-refractivity contribution in [3.8, 4) is 5.82 Å². The molecule has 8 nitrogen and oxygen atoms in total. The Hall–Kier alpha value is -2.90. The van der Waals surface area contributed by atoms with Crippen LogP contribution in [0.25, 0.3) is 5.82 Å². The molecule has 8 heteroatoms. The van der Waals surface area contributed by atoms with Crippen LogP contribution in [-0.4, -0.2) is 49.6 Å². The fourth-order valence-corrected chi connectivity index (χ4v) is 3.16. The Bertz CT molecular complexity index is 747. The maximum absolute atomic E-state index is 12.5. The summed E-state index contributed by atoms with van der Waals surface area (Å²) in [5.41, 5.74) is 0.855. The SMILES string of the molecule is CC1CC(C(=O)O)CN(C(=O)NCc2cccnc2-n2ccnc2)C1. The van der Waals surface area contributed by atoms with E-state index in [4.69, 9.17) is 0 Å². The van der Waals surface area contributed by atoms with Crippen molar-refractivity contribution in [2.24, 2.45) is 11.8 Å². The number of urea groups is 1. The van der Waals surface area contributed by atoms with Gasteiger partial charge in [-0.1, -0.05) is 13.0 Å². The van der Waals surface area contributed by atoms with Gasteiger partial charge in [0.15, 0.2) is 0 Å². The van der Waals surface area contributed by atoms with Gasteiger partial charge in [-0.2, -0.15) is 0 Å². The number of carbonyl (C=O) groups excluding carboxylic acids is 1. The van der Waals surface area contributed by atoms with Crippen LogP contribution in [0, 0.1) is 11.8 Å². The van der Waals surface area contributed by atoms with E-state index in [9.17, 15) is 14.7 Å². The zero-order valence-corrected chi connectivity index (χ0v) is 14.0. The summed E-state index contributed by atoms with van der Waals surface area (Å²) < 4.78 is 1.78. The molecule has 1 saturated heterocycles. The summed E-state index contributed by atoms with van der Waals surface area (Å²) in [6.07, 6.45) is 7.39. The minimum atomic E-state index is -0.848. The molecule has 132 valence electrons. The van der Waals surface area contributed by atoms with Crippen molar-refractivity contribution in [3.05, 3.63) is 42.6 Å². The molecule has 0 aromatic carbocycles. The van der Waals surface area contributed by atoms with Gasteiger partial charge in [-0.05, 0) is 18.4 Å². The molecular formula is C17H21N5O3. The lowest BCUT2D eigenvalue weighted by Crippen LogP contribution is -2.49. The summed E-state index contributed by atoms with van der Waals surface area (Å²) in [6, 6.07) is 3.45. The number of carboxylic acids is 1. The summed E-state index contributed by atoms with van der Waals surface area (Å²) >= 11 is 0. The van der Waals surface area contributed by atoms with Crippen molar-refractivity contribution in [2.75, 3.05) is 13.1 Å². The van der Waals surface area contributed by atoms with Crippen LogP contribution in [0.4, 0.5) is 4.79 Å². The normalized spacial score (nSPS) is 20.3. The zero-order chi connectivity index (χ0) is 17.8. The molecular weight excluding hydrogens is 322 g/mol. The minimum absolute atomic E-state index is 0.167. The third-order valence-corrected chi connectivity index (χ3v) is 4.34. The highest BCUT2D eigenvalue weighted by atomic mass is 16.4. The van der Waals surface area contributed by atoms with E-state index in [1.165, 1.54) is 0 Å². The lowest BCUT2D eigenvalue weighted by Gasteiger charge is -2.34. The molecule has 2 atom stereocenters. The number of rotatable bonds is 4. The number of nitrogens with one attached hydrogen (secondary N) is 1. The molecule has 0 aliphatic carbocycles. The summed E-state index contributed by atoms with van der Waals surface area (Å²) in [6.45, 7) is 3.08. The fraction of sp³-hybridized carbons (Fsp3) is 0.412. The smallest absolute Gasteiger partial charge is 0.317 e. The number of imidazole rings is 1. The predicted octanol–water partition coefficient (Wildman–Crippen LogP) is 1.52. The second kappa shape index (κ2) is 7.33. The van der Waals surface area contributed by atoms with Crippen molar-refractivity contribution in [3.63, 3.8) is 0 Å². The number of hydrogen-bond donors (Lipinski definition) is 2. The number of carbonyl (C=O) groups is 2. The van der Waals surface area contributed by atoms with Gasteiger partial charge in [-0.15, -0.1) is 0 Å². The molecule has 0 spiro atoms. The van der Waals surface area contributed by atoms with Crippen molar-refractivity contribution in [2.45, 2.75) is 19.9 Å². The molecule has 0 radical (unpaired) electrons. The second-order valence-electron chi connectivity index (χ2n) is 6.40. The fourth-order valence-electron chi connectivity index (χ4n) is 3.16. The molecule has 0 bridgehead atoms. The van der Waals surface area contributed by atoms with Crippen LogP contribution in [0.5, 0.6) is 0 Å². The summed E-state index contributed by atoms with van der Waals surface area (Å²) in [5, 5.41) is 12.1. The molecule has 3 rings (SSSR count). The monoisotopic (exact) mass is 343 g/mol. The Kier molecular flexibility index (Phi) is 4.97. The summed E-state index contributed by atoms with van der Waals surface area (Å²) in [7, 11) is 0. The first-order chi connectivity index (χ1) is 12.0. The van der Waals surface area contributed by atoms with Gasteiger partial charge in [0.2, 0.25) is 0 Å². The van der Waals surface area contributed by atoms with Gasteiger partial charge < -0.3 is 15.3 Å². The maximum atomic E-state index is 12.5. The van der Waals surface area contributed by atoms with Crippen molar-refractivity contribution >= 4 is 12.0 Å². The molecule has 3 heterocycles. The van der Waals surface area contributed by atoms with Gasteiger partial charge in [0.25, 0.3) is 0 Å². The highest BCUT2D eigenvalue weighted by Gasteiger charge is 2.31. The van der Waals surface area contributed by atoms with Crippen LogP contribution in [-0.2, 0) is 11.3 Å². The third kappa shape index (κ3) is 3.96. The molecule has 1 aliphatic rings. The Labute approximate surface area is 145 Å². The molecule has 0 saturated carbocycles. The van der Waals surface area contributed by atoms with E-state index in [1.807, 2.05) is 19.1 Å². The van der Waals surface area contributed by atoms with Crippen LogP contribution < -0.4 is 5.32 Å². The van der Waals surface area contributed by atoms with Gasteiger partial charge in [0.05, 0.1) is 5.92 Å². The molecule has 2 N–H and O–H groups in total. The van der Waals surface area contributed by atoms with E-state index in [2.05, 4.69) is 15.3 Å². The Morgan fingerprint density at radius 1 is 1.36 bits per heavy atom. The molecule has 2 amide bonds. The average molecular weight is 343 g/mol. The van der Waals surface area contributed by atoms with E-state index in [0.29, 0.717) is 25.3 Å². The maximum Gasteiger partial charge on any atom is 0.317 e. The van der Waals surface area contributed by atoms with Crippen LogP contribution >= 0.6 is 0 Å². The molecule has 2 aromatic rings. The van der Waals surface area contributed by atoms with Gasteiger partial charge in [-0.25, -0.2) is 14.8 Å². The number of piperidine rings is 1. The highest BCUT2D eigenvalue weighted by Crippen LogP contribution is 2.22. The van der Waals surface area contributed by atoms with Gasteiger partial charge in [-0.3, -0.25) is 9.36 Å². The van der Waals surface area contributed by atoms with Crippen molar-refractivity contribution in [1.29, 1.82) is 0 Å². The third-order valence-electron chi connectivity index (χ3n) is 4.34. The highest BCUT2D eigenvalue weighted by molar-refractivity contribution is 5.76. The van der Waals surface area contributed by atoms with Crippen LogP contribution in [0.2, 0.25) is 0 Å². The summed E-state index contributed by atoms with van der Waals surface area (Å²) in [4.78, 5) is 33.6. The Balaban J connectivity index is 1.66. The Morgan fingerprint density at radius 3 is 2.92 bits per heavy atom. The first-order valence-electron chi connectivity index (χ1n) is 8.22. The van der Waals surface area contributed by atoms with Crippen molar-refractivity contribution < 1.29 is 14.7 Å². The number of amides is 2. The predicted molar refractivity (Wildman–Crippen MR) is 90.1 cm³/mol. The first kappa shape index (κ1) is 16.9. The lowest BCUT2D eigenvalue weighted by molar-refractivity contribution is -0.143. The van der Waals surface area contributed by atoms with Crippen LogP contribution in [0.3, 0.4) is 0 Å². The molecule has 2 aromatic heterocycles. The number of nitrogens with zero attached hydrogens (tertiary/aromatic N) is 4. The van der Waals surface area contributed by atoms with Crippen molar-refractivity contribution in [1.82, 2.24) is 24.8 Å². The molecule has 1 fully saturated rings. The average Bonchev–Trinajstić information content (AvgIpc) is 3.13. The van der Waals surface area contributed by atoms with E-state index < -0.39 is 11.9 Å². The summed E-state index contributed by atoms with van der Waals surface area (Å²) in [5.74, 6) is -0.482. The minimum Gasteiger partial charge on any atom is -0.481 e. The van der Waals surface area contributed by atoms with Gasteiger partial charge >= 0.3 is 12.0 Å². The van der Waals surface area contributed by atoms with E-state index in [-0.39, 0.29) is 18.5 Å². The number of likely N-dealkylation sites (tertiary alicyclic amines) is 1. The quantitative estimate of drug-likeness (QED) is 0.877. The standard InChI is InChI=1S/C17H21N5O3/c1-12-7-14(16(23)24)10-22(9-12)17(25)20-8-13-3-2-4-19-15(13)21-6-5-18-11-21/h2-6,11-12,14H,7-10H2,1H3,(H,20,25)(H,23,24). The topological polar surface area (TPSA) is 100 Å². The van der Waals surface area contributed by atoms with E-state index in [1.54, 1.807) is 34.4 Å². The van der Waals surface area contributed by atoms with Crippen LogP contribution in [0.15, 0.2) is 37.1 Å². The Morgan fingerprint density at radius 2 is 2.20 bits per heavy atom. The van der Waals surface area contributed by atoms with Gasteiger partial charge in [0, 0.05) is 43.8 Å². The molecule has 1 aliphatic heterocycles. The molecule has 2 unspecified atom stereocenters.